The number of rotatable bonds is 6. The van der Waals surface area contributed by atoms with Crippen molar-refractivity contribution in [1.82, 2.24) is 14.9 Å². The molecule has 1 aromatic heterocycles. The summed E-state index contributed by atoms with van der Waals surface area (Å²) in [5.41, 5.74) is -0.425. The predicted molar refractivity (Wildman–Crippen MR) is 104 cm³/mol. The Balaban J connectivity index is 2.28. The Morgan fingerprint density at radius 1 is 1.35 bits per heavy atom. The standard InChI is InChI=1S/C19H24N4O2S/c1-12(2)19(5,11-20)22-16(24)10-26-18-21-15-9-7-6-8-14(15)17(25)23(18)13(3)4/h6-9,12-13H,10H2,1-5H3,(H,22,24)/t19-/m1/s1. The molecule has 0 saturated carbocycles. The highest BCUT2D eigenvalue weighted by Crippen LogP contribution is 2.21. The third-order valence-electron chi connectivity index (χ3n) is 4.41. The van der Waals surface area contributed by atoms with Crippen LogP contribution in [0.5, 0.6) is 0 Å². The first-order valence-electron chi connectivity index (χ1n) is 8.56. The van der Waals surface area contributed by atoms with Gasteiger partial charge in [0, 0.05) is 6.04 Å². The zero-order chi connectivity index (χ0) is 19.5. The number of para-hydroxylation sites is 1. The van der Waals surface area contributed by atoms with Crippen molar-refractivity contribution >= 4 is 28.6 Å². The zero-order valence-electron chi connectivity index (χ0n) is 15.7. The number of fused-ring (bicyclic) bond motifs is 1. The van der Waals surface area contributed by atoms with Gasteiger partial charge >= 0.3 is 0 Å². The normalized spacial score (nSPS) is 13.6. The summed E-state index contributed by atoms with van der Waals surface area (Å²) in [6, 6.07) is 9.26. The number of carbonyl (C=O) groups excluding carboxylic acids is 1. The average molecular weight is 372 g/mol. The van der Waals surface area contributed by atoms with Crippen molar-refractivity contribution in [3.8, 4) is 6.07 Å². The fraction of sp³-hybridized carbons (Fsp3) is 0.474. The SMILES string of the molecule is CC(C)n1c(SCC(=O)N[C@](C)(C#N)C(C)C)nc2ccccc2c1=O. The molecule has 26 heavy (non-hydrogen) atoms. The number of nitrogens with one attached hydrogen (secondary N) is 1. The van der Waals surface area contributed by atoms with Crippen LogP contribution >= 0.6 is 11.8 Å². The third kappa shape index (κ3) is 4.07. The van der Waals surface area contributed by atoms with Crippen LogP contribution in [0.25, 0.3) is 10.9 Å². The molecule has 7 heteroatoms. The molecule has 1 atom stereocenters. The number of hydrogen-bond donors (Lipinski definition) is 1. The van der Waals surface area contributed by atoms with E-state index in [1.807, 2.05) is 39.8 Å². The molecule has 0 aliphatic rings. The number of thioether (sulfide) groups is 1. The van der Waals surface area contributed by atoms with E-state index in [-0.39, 0.29) is 29.2 Å². The highest BCUT2D eigenvalue weighted by molar-refractivity contribution is 7.99. The van der Waals surface area contributed by atoms with Crippen LogP contribution < -0.4 is 10.9 Å². The smallest absolute Gasteiger partial charge is 0.262 e. The second-order valence-corrected chi connectivity index (χ2v) is 7.93. The Kier molecular flexibility index (Phi) is 6.09. The lowest BCUT2D eigenvalue weighted by atomic mass is 9.90. The quantitative estimate of drug-likeness (QED) is 0.622. The molecule has 1 heterocycles. The maximum absolute atomic E-state index is 12.8. The van der Waals surface area contributed by atoms with Crippen LogP contribution in [-0.4, -0.2) is 26.8 Å². The van der Waals surface area contributed by atoms with Gasteiger partial charge in [-0.1, -0.05) is 37.7 Å². The predicted octanol–water partition coefficient (Wildman–Crippen LogP) is 3.12. The third-order valence-corrected chi connectivity index (χ3v) is 5.36. The summed E-state index contributed by atoms with van der Waals surface area (Å²) in [6.07, 6.45) is 0. The van der Waals surface area contributed by atoms with Gasteiger partial charge in [-0.05, 0) is 38.8 Å². The Morgan fingerprint density at radius 2 is 2.00 bits per heavy atom. The van der Waals surface area contributed by atoms with Crippen molar-refractivity contribution in [2.45, 2.75) is 51.4 Å². The van der Waals surface area contributed by atoms with E-state index in [2.05, 4.69) is 16.4 Å². The lowest BCUT2D eigenvalue weighted by Crippen LogP contribution is -2.49. The summed E-state index contributed by atoms with van der Waals surface area (Å²) < 4.78 is 1.60. The van der Waals surface area contributed by atoms with E-state index >= 15 is 0 Å². The number of amides is 1. The van der Waals surface area contributed by atoms with Gasteiger partial charge in [-0.25, -0.2) is 4.98 Å². The Hall–Kier alpha value is -2.33. The minimum atomic E-state index is -0.924. The van der Waals surface area contributed by atoms with Crippen molar-refractivity contribution in [3.05, 3.63) is 34.6 Å². The van der Waals surface area contributed by atoms with E-state index in [1.165, 1.54) is 11.8 Å². The molecule has 1 aromatic carbocycles. The van der Waals surface area contributed by atoms with Crippen LogP contribution in [-0.2, 0) is 4.79 Å². The number of nitriles is 1. The summed E-state index contributed by atoms with van der Waals surface area (Å²) in [7, 11) is 0. The average Bonchev–Trinajstić information content (AvgIpc) is 2.59. The molecule has 0 bridgehead atoms. The lowest BCUT2D eigenvalue weighted by Gasteiger charge is -2.27. The molecule has 2 rings (SSSR count). The van der Waals surface area contributed by atoms with Crippen molar-refractivity contribution < 1.29 is 4.79 Å². The first kappa shape index (κ1) is 20.0. The molecule has 0 spiro atoms. The van der Waals surface area contributed by atoms with E-state index in [0.717, 1.165) is 0 Å². The number of carbonyl (C=O) groups is 1. The summed E-state index contributed by atoms with van der Waals surface area (Å²) in [5.74, 6) is -0.193. The molecule has 0 radical (unpaired) electrons. The van der Waals surface area contributed by atoms with Gasteiger partial charge in [0.25, 0.3) is 5.56 Å². The minimum absolute atomic E-state index is 0.0194. The van der Waals surface area contributed by atoms with Gasteiger partial charge in [0.05, 0.1) is 22.7 Å². The number of aromatic nitrogens is 2. The van der Waals surface area contributed by atoms with Crippen LogP contribution in [0.15, 0.2) is 34.2 Å². The number of hydrogen-bond acceptors (Lipinski definition) is 5. The Labute approximate surface area is 157 Å². The highest BCUT2D eigenvalue weighted by Gasteiger charge is 2.30. The molecule has 1 amide bonds. The fourth-order valence-corrected chi connectivity index (χ4v) is 3.37. The van der Waals surface area contributed by atoms with Gasteiger partial charge < -0.3 is 5.32 Å². The fourth-order valence-electron chi connectivity index (χ4n) is 2.44. The van der Waals surface area contributed by atoms with Crippen LogP contribution in [0.3, 0.4) is 0 Å². The Bertz CT molecular complexity index is 914. The van der Waals surface area contributed by atoms with E-state index in [4.69, 9.17) is 0 Å². The van der Waals surface area contributed by atoms with Crippen LogP contribution in [0, 0.1) is 17.2 Å². The first-order valence-corrected chi connectivity index (χ1v) is 9.54. The topological polar surface area (TPSA) is 87.8 Å². The Morgan fingerprint density at radius 3 is 2.58 bits per heavy atom. The number of nitrogens with zero attached hydrogens (tertiary/aromatic N) is 3. The molecule has 2 aromatic rings. The van der Waals surface area contributed by atoms with Crippen molar-refractivity contribution in [2.75, 3.05) is 5.75 Å². The largest absolute Gasteiger partial charge is 0.337 e. The monoisotopic (exact) mass is 372 g/mol. The van der Waals surface area contributed by atoms with E-state index in [0.29, 0.717) is 16.1 Å². The van der Waals surface area contributed by atoms with Crippen LogP contribution in [0.2, 0.25) is 0 Å². The molecular formula is C19H24N4O2S. The second-order valence-electron chi connectivity index (χ2n) is 6.99. The van der Waals surface area contributed by atoms with Gasteiger partial charge in [0.1, 0.15) is 5.54 Å². The molecular weight excluding hydrogens is 348 g/mol. The van der Waals surface area contributed by atoms with Gasteiger partial charge in [0.2, 0.25) is 5.91 Å². The molecule has 0 aliphatic carbocycles. The molecule has 1 N–H and O–H groups in total. The molecule has 138 valence electrons. The van der Waals surface area contributed by atoms with E-state index < -0.39 is 5.54 Å². The molecule has 0 fully saturated rings. The summed E-state index contributed by atoms with van der Waals surface area (Å²) in [4.78, 5) is 29.7. The minimum Gasteiger partial charge on any atom is -0.337 e. The first-order chi connectivity index (χ1) is 12.2. The van der Waals surface area contributed by atoms with E-state index in [9.17, 15) is 14.9 Å². The highest BCUT2D eigenvalue weighted by atomic mass is 32.2. The maximum atomic E-state index is 12.8. The van der Waals surface area contributed by atoms with Gasteiger partial charge in [-0.3, -0.25) is 14.2 Å². The number of benzene rings is 1. The van der Waals surface area contributed by atoms with Crippen molar-refractivity contribution in [1.29, 1.82) is 5.26 Å². The summed E-state index contributed by atoms with van der Waals surface area (Å²) in [5, 5.41) is 13.2. The summed E-state index contributed by atoms with van der Waals surface area (Å²) in [6.45, 7) is 9.30. The van der Waals surface area contributed by atoms with Gasteiger partial charge in [-0.2, -0.15) is 5.26 Å². The van der Waals surface area contributed by atoms with Gasteiger partial charge in [-0.15, -0.1) is 0 Å². The molecule has 0 aliphatic heterocycles. The van der Waals surface area contributed by atoms with Gasteiger partial charge in [0.15, 0.2) is 5.16 Å². The van der Waals surface area contributed by atoms with Crippen molar-refractivity contribution in [2.24, 2.45) is 5.92 Å². The second kappa shape index (κ2) is 7.92. The van der Waals surface area contributed by atoms with Crippen LogP contribution in [0.4, 0.5) is 0 Å². The maximum Gasteiger partial charge on any atom is 0.262 e. The summed E-state index contributed by atoms with van der Waals surface area (Å²) >= 11 is 1.21. The van der Waals surface area contributed by atoms with Crippen molar-refractivity contribution in [3.63, 3.8) is 0 Å². The lowest BCUT2D eigenvalue weighted by molar-refractivity contribution is -0.120. The molecule has 6 nitrogen and oxygen atoms in total. The molecule has 0 saturated heterocycles. The van der Waals surface area contributed by atoms with E-state index in [1.54, 1.807) is 23.6 Å². The zero-order valence-corrected chi connectivity index (χ0v) is 16.6. The van der Waals surface area contributed by atoms with Crippen LogP contribution in [0.1, 0.15) is 40.7 Å². The molecule has 0 unspecified atom stereocenters.